The van der Waals surface area contributed by atoms with Crippen LogP contribution in [0.1, 0.15) is 42.2 Å². The fourth-order valence-electron chi connectivity index (χ4n) is 5.66. The summed E-state index contributed by atoms with van der Waals surface area (Å²) in [6.45, 7) is 5.78. The lowest BCUT2D eigenvalue weighted by Gasteiger charge is -2.35. The smallest absolute Gasteiger partial charge is 0.414 e. The van der Waals surface area contributed by atoms with Gasteiger partial charge in [0.1, 0.15) is 17.6 Å². The molecule has 2 fully saturated rings. The normalized spacial score (nSPS) is 20.7. The van der Waals surface area contributed by atoms with Gasteiger partial charge in [0.15, 0.2) is 11.6 Å². The predicted molar refractivity (Wildman–Crippen MR) is 133 cm³/mol. The molecule has 1 amide bonds. The van der Waals surface area contributed by atoms with Crippen molar-refractivity contribution in [2.75, 3.05) is 31.6 Å². The highest BCUT2D eigenvalue weighted by atomic mass is 19.2. The summed E-state index contributed by atoms with van der Waals surface area (Å²) in [6, 6.07) is 9.20. The second-order valence-electron chi connectivity index (χ2n) is 9.83. The van der Waals surface area contributed by atoms with Gasteiger partial charge in [0.2, 0.25) is 0 Å². The molecule has 2 saturated heterocycles. The topological polar surface area (TPSA) is 76.6 Å². The Morgan fingerprint density at radius 3 is 2.59 bits per heavy atom. The number of fused-ring (bicyclic) bond motifs is 1. The molecule has 0 saturated carbocycles. The summed E-state index contributed by atoms with van der Waals surface area (Å²) < 4.78 is 40.8. The summed E-state index contributed by atoms with van der Waals surface area (Å²) >= 11 is 0. The number of hydrogen-bond acceptors (Lipinski definition) is 6. The van der Waals surface area contributed by atoms with Gasteiger partial charge in [-0.1, -0.05) is 11.2 Å². The monoisotopic (exact) mass is 507 g/mol. The van der Waals surface area contributed by atoms with Crippen molar-refractivity contribution >= 4 is 22.8 Å². The van der Waals surface area contributed by atoms with Crippen LogP contribution in [0.2, 0.25) is 0 Å². The molecule has 0 unspecified atom stereocenters. The number of halogens is 2. The number of imidazole rings is 1. The van der Waals surface area contributed by atoms with Crippen molar-refractivity contribution in [1.29, 1.82) is 0 Å². The van der Waals surface area contributed by atoms with Crippen molar-refractivity contribution in [2.24, 2.45) is 0 Å². The standard InChI is InChI=1S/C27H27F2N5O3/c1-15-25(16(2)37-31-15)17-4-7-23-22(12-17)30-26(33(23)19-8-10-32(3)14-19)24-9-11-36-27(35)34(24)18-5-6-20(28)21(29)13-18/h4-7,12-13,19,24H,8-11,14H2,1-3H3/t19-,24-/m0/s1. The predicted octanol–water partition coefficient (Wildman–Crippen LogP) is 5.55. The van der Waals surface area contributed by atoms with Gasteiger partial charge >= 0.3 is 6.09 Å². The minimum Gasteiger partial charge on any atom is -0.449 e. The molecule has 2 atom stereocenters. The first-order valence-corrected chi connectivity index (χ1v) is 12.4. The average Bonchev–Trinajstić information content (AvgIpc) is 3.56. The lowest BCUT2D eigenvalue weighted by atomic mass is 10.0. The molecule has 2 aliphatic rings. The van der Waals surface area contributed by atoms with Gasteiger partial charge in [-0.2, -0.15) is 0 Å². The van der Waals surface area contributed by atoms with Crippen LogP contribution in [0.25, 0.3) is 22.2 Å². The van der Waals surface area contributed by atoms with E-state index >= 15 is 0 Å². The van der Waals surface area contributed by atoms with Crippen LogP contribution < -0.4 is 4.90 Å². The fourth-order valence-corrected chi connectivity index (χ4v) is 5.66. The number of aryl methyl sites for hydroxylation is 2. The first-order chi connectivity index (χ1) is 17.8. The van der Waals surface area contributed by atoms with Crippen molar-refractivity contribution in [3.05, 3.63) is 65.3 Å². The minimum atomic E-state index is -1.02. The number of aromatic nitrogens is 3. The van der Waals surface area contributed by atoms with Crippen LogP contribution in [0, 0.1) is 25.5 Å². The maximum absolute atomic E-state index is 14.2. The highest BCUT2D eigenvalue weighted by Crippen LogP contribution is 2.39. The molecule has 4 heterocycles. The van der Waals surface area contributed by atoms with Gasteiger partial charge in [-0.3, -0.25) is 4.90 Å². The number of amides is 1. The number of benzene rings is 2. The summed E-state index contributed by atoms with van der Waals surface area (Å²) in [5.41, 5.74) is 4.65. The molecule has 0 aliphatic carbocycles. The van der Waals surface area contributed by atoms with E-state index in [2.05, 4.69) is 27.7 Å². The Bertz CT molecular complexity index is 1490. The Balaban J connectivity index is 1.52. The van der Waals surface area contributed by atoms with Crippen molar-refractivity contribution in [2.45, 2.75) is 38.8 Å². The van der Waals surface area contributed by atoms with Gasteiger partial charge in [0.25, 0.3) is 0 Å². The SMILES string of the molecule is Cc1noc(C)c1-c1ccc2c(c1)nc([C@@H]1CCOC(=O)N1c1ccc(F)c(F)c1)n2[C@H]1CCN(C)C1. The molecule has 192 valence electrons. The van der Waals surface area contributed by atoms with Crippen LogP contribution >= 0.6 is 0 Å². The molecular weight excluding hydrogens is 480 g/mol. The number of ether oxygens (including phenoxy) is 1. The minimum absolute atomic E-state index is 0.152. The molecule has 0 bridgehead atoms. The lowest BCUT2D eigenvalue weighted by molar-refractivity contribution is 0.127. The van der Waals surface area contributed by atoms with Crippen molar-refractivity contribution in [1.82, 2.24) is 19.6 Å². The number of carbonyl (C=O) groups is 1. The van der Waals surface area contributed by atoms with E-state index in [1.165, 1.54) is 11.0 Å². The zero-order valence-electron chi connectivity index (χ0n) is 20.9. The van der Waals surface area contributed by atoms with Gasteiger partial charge < -0.3 is 18.7 Å². The van der Waals surface area contributed by atoms with E-state index in [9.17, 15) is 13.6 Å². The summed E-state index contributed by atoms with van der Waals surface area (Å²) in [7, 11) is 2.08. The largest absolute Gasteiger partial charge is 0.449 e. The molecule has 37 heavy (non-hydrogen) atoms. The molecule has 8 nitrogen and oxygen atoms in total. The second kappa shape index (κ2) is 8.95. The number of likely N-dealkylation sites (tertiary alicyclic amines) is 1. The van der Waals surface area contributed by atoms with E-state index in [1.54, 1.807) is 0 Å². The molecule has 0 radical (unpaired) electrons. The molecule has 0 spiro atoms. The Labute approximate surface area is 212 Å². The molecule has 6 rings (SSSR count). The van der Waals surface area contributed by atoms with Gasteiger partial charge in [-0.15, -0.1) is 0 Å². The van der Waals surface area contributed by atoms with Gasteiger partial charge in [0.05, 0.1) is 29.0 Å². The number of carbonyl (C=O) groups excluding carboxylic acids is 1. The summed E-state index contributed by atoms with van der Waals surface area (Å²) in [4.78, 5) is 21.7. The van der Waals surface area contributed by atoms with Crippen LogP contribution in [0.15, 0.2) is 40.9 Å². The van der Waals surface area contributed by atoms with Crippen LogP contribution in [-0.2, 0) is 4.74 Å². The quantitative estimate of drug-likeness (QED) is 0.361. The first kappa shape index (κ1) is 23.6. The summed E-state index contributed by atoms with van der Waals surface area (Å²) in [6.07, 6.45) is 0.789. The molecule has 2 aliphatic heterocycles. The third-order valence-corrected chi connectivity index (χ3v) is 7.38. The van der Waals surface area contributed by atoms with E-state index in [0.29, 0.717) is 12.2 Å². The molecule has 4 aromatic rings. The van der Waals surface area contributed by atoms with E-state index < -0.39 is 23.8 Å². The zero-order chi connectivity index (χ0) is 25.8. The van der Waals surface area contributed by atoms with Crippen molar-refractivity contribution in [3.8, 4) is 11.1 Å². The second-order valence-corrected chi connectivity index (χ2v) is 9.83. The number of nitrogens with zero attached hydrogens (tertiary/aromatic N) is 5. The maximum Gasteiger partial charge on any atom is 0.414 e. The average molecular weight is 508 g/mol. The Morgan fingerprint density at radius 2 is 1.89 bits per heavy atom. The van der Waals surface area contributed by atoms with Crippen molar-refractivity contribution in [3.63, 3.8) is 0 Å². The van der Waals surface area contributed by atoms with Gasteiger partial charge in [-0.05, 0) is 63.7 Å². The van der Waals surface area contributed by atoms with Crippen LogP contribution in [-0.4, -0.2) is 52.4 Å². The number of cyclic esters (lactones) is 1. The fraction of sp³-hybridized carbons (Fsp3) is 0.370. The highest BCUT2D eigenvalue weighted by molar-refractivity contribution is 5.90. The third kappa shape index (κ3) is 3.96. The summed E-state index contributed by atoms with van der Waals surface area (Å²) in [5, 5.41) is 4.08. The maximum atomic E-state index is 14.2. The van der Waals surface area contributed by atoms with Crippen molar-refractivity contribution < 1.29 is 22.8 Å². The van der Waals surface area contributed by atoms with Crippen LogP contribution in [0.5, 0.6) is 0 Å². The van der Waals surface area contributed by atoms with Gasteiger partial charge in [-0.25, -0.2) is 18.6 Å². The van der Waals surface area contributed by atoms with E-state index in [0.717, 1.165) is 65.3 Å². The van der Waals surface area contributed by atoms with E-state index in [-0.39, 0.29) is 18.3 Å². The number of hydrogen-bond donors (Lipinski definition) is 0. The molecular formula is C27H27F2N5O3. The Kier molecular flexibility index (Phi) is 5.71. The van der Waals surface area contributed by atoms with Gasteiger partial charge in [0, 0.05) is 30.6 Å². The highest BCUT2D eigenvalue weighted by Gasteiger charge is 2.38. The lowest BCUT2D eigenvalue weighted by Crippen LogP contribution is -2.42. The third-order valence-electron chi connectivity index (χ3n) is 7.38. The first-order valence-electron chi connectivity index (χ1n) is 12.4. The Hall–Kier alpha value is -3.79. The number of rotatable bonds is 4. The Morgan fingerprint density at radius 1 is 1.05 bits per heavy atom. The van der Waals surface area contributed by atoms with E-state index in [4.69, 9.17) is 14.2 Å². The molecule has 2 aromatic heterocycles. The van der Waals surface area contributed by atoms with E-state index in [1.807, 2.05) is 26.0 Å². The number of likely N-dealkylation sites (N-methyl/N-ethyl adjacent to an activating group) is 1. The zero-order valence-corrected chi connectivity index (χ0v) is 20.9. The number of anilines is 1. The molecule has 0 N–H and O–H groups in total. The molecule has 10 heteroatoms. The van der Waals surface area contributed by atoms with Crippen LogP contribution in [0.3, 0.4) is 0 Å². The summed E-state index contributed by atoms with van der Waals surface area (Å²) in [5.74, 6) is -0.565. The molecule has 2 aromatic carbocycles. The van der Waals surface area contributed by atoms with Crippen LogP contribution in [0.4, 0.5) is 19.3 Å².